The van der Waals surface area contributed by atoms with Gasteiger partial charge in [0.05, 0.1) is 0 Å². The minimum atomic E-state index is -0.391. The van der Waals surface area contributed by atoms with Crippen molar-refractivity contribution in [1.82, 2.24) is 10.0 Å². The van der Waals surface area contributed by atoms with Crippen LogP contribution in [0.15, 0.2) is 76.5 Å². The number of nitrogens with one attached hydrogen (secondary N) is 2. The first-order valence-corrected chi connectivity index (χ1v) is 9.38. The Balaban J connectivity index is 1.72. The minimum absolute atomic E-state index is 0.126. The average molecular weight is 400 g/mol. The summed E-state index contributed by atoms with van der Waals surface area (Å²) in [4.78, 5) is 35.5. The zero-order valence-corrected chi connectivity index (χ0v) is 16.4. The predicted octanol–water partition coefficient (Wildman–Crippen LogP) is 1.25. The van der Waals surface area contributed by atoms with Crippen molar-refractivity contribution in [1.29, 1.82) is 0 Å². The molecule has 0 spiro atoms. The summed E-state index contributed by atoms with van der Waals surface area (Å²) in [7, 11) is 0. The van der Waals surface area contributed by atoms with E-state index in [9.17, 15) is 9.59 Å². The number of para-hydroxylation sites is 1. The second kappa shape index (κ2) is 8.08. The summed E-state index contributed by atoms with van der Waals surface area (Å²) in [5.74, 6) is 0.317. The number of rotatable bonds is 4. The minimum Gasteiger partial charge on any atom is -0.359 e. The molecule has 7 heteroatoms. The molecule has 1 aliphatic rings. The number of hydrogen-bond donors (Lipinski definition) is 2. The molecule has 2 heterocycles. The summed E-state index contributed by atoms with van der Waals surface area (Å²) in [5, 5.41) is 3.48. The molecule has 0 fully saturated rings. The Morgan fingerprint density at radius 3 is 2.50 bits per heavy atom. The smallest absolute Gasteiger partial charge is 0.264 e. The van der Waals surface area contributed by atoms with Crippen molar-refractivity contribution in [2.45, 2.75) is 13.5 Å². The number of carbonyl (C=O) groups excluding carboxylic acids is 1. The Labute approximate surface area is 172 Å². The van der Waals surface area contributed by atoms with Gasteiger partial charge in [-0.2, -0.15) is 4.99 Å². The number of hydrogen-bond acceptors (Lipinski definition) is 5. The molecule has 2 aromatic carbocycles. The van der Waals surface area contributed by atoms with Crippen molar-refractivity contribution < 1.29 is 9.63 Å². The van der Waals surface area contributed by atoms with Gasteiger partial charge in [-0.3, -0.25) is 9.59 Å². The predicted molar refractivity (Wildman–Crippen MR) is 116 cm³/mol. The van der Waals surface area contributed by atoms with E-state index in [0.29, 0.717) is 22.4 Å². The van der Waals surface area contributed by atoms with Crippen molar-refractivity contribution in [2.24, 2.45) is 4.99 Å². The highest BCUT2D eigenvalue weighted by molar-refractivity contribution is 6.01. The fourth-order valence-corrected chi connectivity index (χ4v) is 3.20. The van der Waals surface area contributed by atoms with Crippen LogP contribution >= 0.6 is 0 Å². The highest BCUT2D eigenvalue weighted by atomic mass is 16.7. The lowest BCUT2D eigenvalue weighted by Gasteiger charge is -2.11. The fraction of sp³-hybridized carbons (Fsp3) is 0.0870. The van der Waals surface area contributed by atoms with Crippen molar-refractivity contribution in [3.8, 4) is 0 Å². The van der Waals surface area contributed by atoms with E-state index in [1.165, 1.54) is 4.57 Å². The molecule has 1 aromatic heterocycles. The summed E-state index contributed by atoms with van der Waals surface area (Å²) < 4.78 is 1.38. The zero-order valence-electron chi connectivity index (χ0n) is 16.4. The molecular formula is C23H20N4O3. The van der Waals surface area contributed by atoms with Crippen LogP contribution in [0.4, 0.5) is 5.69 Å². The van der Waals surface area contributed by atoms with Crippen LogP contribution in [0.5, 0.6) is 0 Å². The van der Waals surface area contributed by atoms with E-state index in [0.717, 1.165) is 5.56 Å². The first kappa shape index (κ1) is 19.2. The first-order chi connectivity index (χ1) is 14.5. The third kappa shape index (κ3) is 3.86. The Morgan fingerprint density at radius 2 is 1.80 bits per heavy atom. The molecule has 1 aliphatic heterocycles. The highest BCUT2D eigenvalue weighted by Gasteiger charge is 2.18. The number of carbonyl (C=O) groups is 1. The van der Waals surface area contributed by atoms with E-state index in [-0.39, 0.29) is 23.6 Å². The number of aromatic nitrogens is 1. The van der Waals surface area contributed by atoms with Gasteiger partial charge >= 0.3 is 0 Å². The van der Waals surface area contributed by atoms with Crippen LogP contribution in [0.3, 0.4) is 0 Å². The summed E-state index contributed by atoms with van der Waals surface area (Å²) in [6, 6.07) is 20.2. The second-order valence-corrected chi connectivity index (χ2v) is 6.83. The normalized spacial score (nSPS) is 14.5. The molecule has 4 rings (SSSR count). The van der Waals surface area contributed by atoms with Crippen molar-refractivity contribution >= 4 is 29.9 Å². The molecule has 7 nitrogen and oxygen atoms in total. The Hall–Kier alpha value is -4.13. The van der Waals surface area contributed by atoms with Crippen LogP contribution in [0.1, 0.15) is 11.3 Å². The largest absolute Gasteiger partial charge is 0.359 e. The van der Waals surface area contributed by atoms with Crippen molar-refractivity contribution in [3.63, 3.8) is 0 Å². The number of aliphatic imine (C=N–C) groups is 1. The van der Waals surface area contributed by atoms with Crippen LogP contribution in [0, 0.1) is 6.92 Å². The number of anilines is 1. The summed E-state index contributed by atoms with van der Waals surface area (Å²) in [6.07, 6.45) is 0. The van der Waals surface area contributed by atoms with E-state index in [2.05, 4.69) is 22.4 Å². The summed E-state index contributed by atoms with van der Waals surface area (Å²) in [6.45, 7) is 5.58. The molecular weight excluding hydrogens is 380 g/mol. The van der Waals surface area contributed by atoms with Crippen LogP contribution < -0.4 is 26.8 Å². The molecule has 150 valence electrons. The topological polar surface area (TPSA) is 84.7 Å². The maximum absolute atomic E-state index is 13.2. The lowest BCUT2D eigenvalue weighted by atomic mass is 10.2. The molecule has 1 amide bonds. The molecule has 0 aliphatic carbocycles. The monoisotopic (exact) mass is 400 g/mol. The summed E-state index contributed by atoms with van der Waals surface area (Å²) in [5.41, 5.74) is 4.46. The van der Waals surface area contributed by atoms with Crippen LogP contribution in [-0.2, 0) is 16.2 Å². The van der Waals surface area contributed by atoms with Gasteiger partial charge in [-0.1, -0.05) is 55.1 Å². The molecule has 0 atom stereocenters. The van der Waals surface area contributed by atoms with E-state index < -0.39 is 5.56 Å². The average Bonchev–Trinajstić information content (AvgIpc) is 3.22. The molecule has 0 radical (unpaired) electrons. The van der Waals surface area contributed by atoms with Crippen molar-refractivity contribution in [2.75, 3.05) is 5.32 Å². The molecule has 30 heavy (non-hydrogen) atoms. The van der Waals surface area contributed by atoms with E-state index >= 15 is 0 Å². The van der Waals surface area contributed by atoms with Gasteiger partial charge in [0, 0.05) is 16.9 Å². The van der Waals surface area contributed by atoms with Crippen LogP contribution in [0.25, 0.3) is 12.5 Å². The first-order valence-electron chi connectivity index (χ1n) is 9.38. The highest BCUT2D eigenvalue weighted by Crippen LogP contribution is 2.10. The third-order valence-electron chi connectivity index (χ3n) is 4.67. The molecule has 2 N–H and O–H groups in total. The van der Waals surface area contributed by atoms with Gasteiger partial charge in [0.15, 0.2) is 5.84 Å². The van der Waals surface area contributed by atoms with Crippen LogP contribution in [0.2, 0.25) is 0 Å². The lowest BCUT2D eigenvalue weighted by Crippen LogP contribution is -2.47. The molecule has 0 saturated heterocycles. The third-order valence-corrected chi connectivity index (χ3v) is 4.67. The maximum Gasteiger partial charge on any atom is 0.264 e. The number of benzene rings is 2. The standard InChI is InChI=1S/C23H20N4O3/c1-15-13-16(2)27(14-19(28)24-18-11-7-4-8-12-18)23(29)20(15)22-25-21(26-30-22)17-9-5-3-6-10-17/h3-13H,1,14H2,2H3,(H,24,28)(H,25,26). The van der Waals surface area contributed by atoms with Gasteiger partial charge in [-0.05, 0) is 30.3 Å². The number of aryl methyl sites for hydroxylation is 1. The van der Waals surface area contributed by atoms with Gasteiger partial charge < -0.3 is 14.7 Å². The summed E-state index contributed by atoms with van der Waals surface area (Å²) >= 11 is 0. The van der Waals surface area contributed by atoms with Gasteiger partial charge in [0.1, 0.15) is 11.8 Å². The molecule has 0 bridgehead atoms. The Bertz CT molecular complexity index is 1300. The van der Waals surface area contributed by atoms with Gasteiger partial charge in [-0.15, -0.1) is 0 Å². The Kier molecular flexibility index (Phi) is 5.17. The van der Waals surface area contributed by atoms with Gasteiger partial charge in [-0.25, -0.2) is 5.48 Å². The van der Waals surface area contributed by atoms with Crippen LogP contribution in [-0.4, -0.2) is 16.3 Å². The molecule has 3 aromatic rings. The number of amidine groups is 1. The molecule has 0 saturated carbocycles. The van der Waals surface area contributed by atoms with E-state index in [1.54, 1.807) is 25.1 Å². The van der Waals surface area contributed by atoms with E-state index in [1.807, 2.05) is 48.5 Å². The van der Waals surface area contributed by atoms with E-state index in [4.69, 9.17) is 4.84 Å². The quantitative estimate of drug-likeness (QED) is 0.691. The number of amides is 1. The molecule has 0 unspecified atom stereocenters. The Morgan fingerprint density at radius 1 is 1.13 bits per heavy atom. The second-order valence-electron chi connectivity index (χ2n) is 6.83. The fourth-order valence-electron chi connectivity index (χ4n) is 3.20. The SMILES string of the molecule is C=c1cc(C)n(CC(=O)Nc2ccccc2)c(=O)c1=C1N=C(c2ccccc2)NO1. The lowest BCUT2D eigenvalue weighted by molar-refractivity contribution is -0.116. The number of hydroxylamine groups is 1. The van der Waals surface area contributed by atoms with Gasteiger partial charge in [0.25, 0.3) is 11.4 Å². The number of nitrogens with zero attached hydrogens (tertiary/aromatic N) is 2. The maximum atomic E-state index is 13.2. The zero-order chi connectivity index (χ0) is 21.1. The van der Waals surface area contributed by atoms with Gasteiger partial charge in [0.2, 0.25) is 5.91 Å². The number of pyridine rings is 1. The van der Waals surface area contributed by atoms with Crippen molar-refractivity contribution in [3.05, 3.63) is 98.8 Å².